The largest absolute Gasteiger partial charge is 0.497 e. The molecule has 6 rings (SSSR count). The SMILES string of the molecule is COc1ccc(-c2c(/C=C/C(=O)N3CCN(C(C)=O)CC3)ccc(Sc3ccc(/C=C/C(=O)N4CCN(C(C)=O)CC4)c(-c4ccc(OC)cc4)c3[N+](=O)[O-])c2[N+](=O)[O-])cc1. The van der Waals surface area contributed by atoms with E-state index in [1.165, 1.54) is 64.5 Å². The second-order valence-electron chi connectivity index (χ2n) is 14.2. The van der Waals surface area contributed by atoms with Crippen LogP contribution in [-0.4, -0.2) is 120 Å². The van der Waals surface area contributed by atoms with Gasteiger partial charge in [-0.2, -0.15) is 0 Å². The molecule has 16 nitrogen and oxygen atoms in total. The van der Waals surface area contributed by atoms with Crippen LogP contribution in [0.5, 0.6) is 11.5 Å². The first-order chi connectivity index (χ1) is 29.3. The Labute approximate surface area is 356 Å². The van der Waals surface area contributed by atoms with Gasteiger partial charge in [-0.05, 0) is 70.8 Å². The van der Waals surface area contributed by atoms with Gasteiger partial charge in [-0.3, -0.25) is 39.4 Å². The van der Waals surface area contributed by atoms with Crippen molar-refractivity contribution in [2.45, 2.75) is 23.6 Å². The quantitative estimate of drug-likeness (QED) is 0.0871. The van der Waals surface area contributed by atoms with Gasteiger partial charge in [0.05, 0.1) is 45.0 Å². The summed E-state index contributed by atoms with van der Waals surface area (Å²) in [5, 5.41) is 26.3. The number of carbonyl (C=O) groups is 4. The Bertz CT molecular complexity index is 2240. The number of benzene rings is 4. The summed E-state index contributed by atoms with van der Waals surface area (Å²) in [6, 6.07) is 19.5. The third kappa shape index (κ3) is 10.1. The van der Waals surface area contributed by atoms with Crippen molar-refractivity contribution >= 4 is 58.9 Å². The van der Waals surface area contributed by atoms with E-state index >= 15 is 0 Å². The summed E-state index contributed by atoms with van der Waals surface area (Å²) in [6.07, 6.45) is 5.71. The number of nitro groups is 2. The molecular formula is C44H44N6O10S. The summed E-state index contributed by atoms with van der Waals surface area (Å²) in [5.41, 5.74) is 1.30. The normalized spacial score (nSPS) is 14.4. The summed E-state index contributed by atoms with van der Waals surface area (Å²) in [4.78, 5) is 82.1. The third-order valence-electron chi connectivity index (χ3n) is 10.6. The summed E-state index contributed by atoms with van der Waals surface area (Å²) >= 11 is 0.851. The molecule has 2 heterocycles. The first kappa shape index (κ1) is 43.6. The maximum absolute atomic E-state index is 13.3. The van der Waals surface area contributed by atoms with Crippen molar-refractivity contribution in [1.82, 2.24) is 19.6 Å². The second-order valence-corrected chi connectivity index (χ2v) is 15.2. The molecule has 0 spiro atoms. The highest BCUT2D eigenvalue weighted by Crippen LogP contribution is 2.48. The number of rotatable bonds is 12. The van der Waals surface area contributed by atoms with Gasteiger partial charge in [0, 0.05) is 78.4 Å². The van der Waals surface area contributed by atoms with Gasteiger partial charge in [0.15, 0.2) is 0 Å². The minimum Gasteiger partial charge on any atom is -0.497 e. The van der Waals surface area contributed by atoms with E-state index in [-0.39, 0.29) is 55.9 Å². The Morgan fingerprint density at radius 3 is 1.16 bits per heavy atom. The van der Waals surface area contributed by atoms with Crippen LogP contribution in [0.1, 0.15) is 25.0 Å². The van der Waals surface area contributed by atoms with Gasteiger partial charge in [0.2, 0.25) is 23.6 Å². The van der Waals surface area contributed by atoms with E-state index in [0.717, 1.165) is 11.8 Å². The van der Waals surface area contributed by atoms with Crippen LogP contribution in [0.3, 0.4) is 0 Å². The first-order valence-corrected chi connectivity index (χ1v) is 20.2. The number of piperazine rings is 2. The van der Waals surface area contributed by atoms with Gasteiger partial charge in [-0.25, -0.2) is 0 Å². The van der Waals surface area contributed by atoms with Gasteiger partial charge in [-0.1, -0.05) is 48.2 Å². The van der Waals surface area contributed by atoms with Crippen molar-refractivity contribution in [2.24, 2.45) is 0 Å². The molecule has 4 amide bonds. The van der Waals surface area contributed by atoms with Crippen molar-refractivity contribution < 1.29 is 38.5 Å². The molecule has 4 aromatic rings. The summed E-state index contributed by atoms with van der Waals surface area (Å²) < 4.78 is 10.7. The zero-order chi connectivity index (χ0) is 43.8. The van der Waals surface area contributed by atoms with Crippen LogP contribution in [0.4, 0.5) is 11.4 Å². The summed E-state index contributed by atoms with van der Waals surface area (Å²) in [5.74, 6) is 0.244. The van der Waals surface area contributed by atoms with Crippen molar-refractivity contribution in [2.75, 3.05) is 66.6 Å². The Balaban J connectivity index is 1.42. The summed E-state index contributed by atoms with van der Waals surface area (Å²) in [6.45, 7) is 5.89. The molecule has 0 unspecified atom stereocenters. The third-order valence-corrected chi connectivity index (χ3v) is 11.7. The monoisotopic (exact) mass is 848 g/mol. The molecule has 0 N–H and O–H groups in total. The number of methoxy groups -OCH3 is 2. The first-order valence-electron chi connectivity index (χ1n) is 19.3. The van der Waals surface area contributed by atoms with Crippen LogP contribution in [-0.2, 0) is 19.2 Å². The predicted molar refractivity (Wildman–Crippen MR) is 230 cm³/mol. The lowest BCUT2D eigenvalue weighted by Gasteiger charge is -2.33. The molecular weight excluding hydrogens is 805 g/mol. The zero-order valence-corrected chi connectivity index (χ0v) is 34.9. The molecule has 0 saturated carbocycles. The fourth-order valence-electron chi connectivity index (χ4n) is 7.24. The topological polar surface area (TPSA) is 186 Å². The standard InChI is InChI=1S/C44H44N6O10S/c1-29(51)45-21-25-47(26-22-45)39(53)19-11-33-9-17-37(43(49(55)56)41(33)31-5-13-35(59-3)14-6-31)61-38-18-10-34(12-20-40(54)48-27-23-46(24-28-48)30(2)52)42(44(38)50(57)58)32-7-15-36(60-4)16-8-32/h5-20H,21-28H2,1-4H3/b19-11+,20-12+. The number of carbonyl (C=O) groups excluding carboxylic acids is 4. The predicted octanol–water partition coefficient (Wildman–Crippen LogP) is 6.41. The molecule has 2 aliphatic rings. The number of amides is 4. The van der Waals surface area contributed by atoms with Gasteiger partial charge in [0.1, 0.15) is 11.5 Å². The van der Waals surface area contributed by atoms with E-state index in [9.17, 15) is 39.4 Å². The van der Waals surface area contributed by atoms with Gasteiger partial charge in [-0.15, -0.1) is 0 Å². The smallest absolute Gasteiger partial charge is 0.291 e. The maximum Gasteiger partial charge on any atom is 0.291 e. The number of nitrogens with zero attached hydrogens (tertiary/aromatic N) is 6. The fraction of sp³-hybridized carbons (Fsp3) is 0.273. The van der Waals surface area contributed by atoms with Crippen molar-refractivity contribution in [3.8, 4) is 33.8 Å². The van der Waals surface area contributed by atoms with Crippen molar-refractivity contribution in [3.63, 3.8) is 0 Å². The Kier molecular flexibility index (Phi) is 13.8. The van der Waals surface area contributed by atoms with Crippen LogP contribution in [0, 0.1) is 20.2 Å². The van der Waals surface area contributed by atoms with E-state index < -0.39 is 9.85 Å². The molecule has 17 heteroatoms. The van der Waals surface area contributed by atoms with Crippen LogP contribution < -0.4 is 9.47 Å². The lowest BCUT2D eigenvalue weighted by Crippen LogP contribution is -2.49. The van der Waals surface area contributed by atoms with E-state index in [0.29, 0.717) is 86.1 Å². The molecule has 2 saturated heterocycles. The van der Waals surface area contributed by atoms with Crippen LogP contribution in [0.25, 0.3) is 34.4 Å². The highest BCUT2D eigenvalue weighted by Gasteiger charge is 2.30. The molecule has 0 radical (unpaired) electrons. The lowest BCUT2D eigenvalue weighted by molar-refractivity contribution is -0.387. The molecule has 2 aliphatic heterocycles. The Morgan fingerprint density at radius 1 is 0.541 bits per heavy atom. The van der Waals surface area contributed by atoms with Gasteiger partial charge >= 0.3 is 0 Å². The zero-order valence-electron chi connectivity index (χ0n) is 34.1. The van der Waals surface area contributed by atoms with E-state index in [4.69, 9.17) is 9.47 Å². The van der Waals surface area contributed by atoms with E-state index in [1.807, 2.05) is 0 Å². The Hall–Kier alpha value is -7.01. The van der Waals surface area contributed by atoms with Gasteiger partial charge in [0.25, 0.3) is 11.4 Å². The van der Waals surface area contributed by atoms with Crippen molar-refractivity contribution in [3.05, 3.63) is 116 Å². The highest BCUT2D eigenvalue weighted by molar-refractivity contribution is 7.99. The number of hydrogen-bond donors (Lipinski definition) is 0. The van der Waals surface area contributed by atoms with Crippen LogP contribution >= 0.6 is 11.8 Å². The average Bonchev–Trinajstić information content (AvgIpc) is 3.27. The lowest BCUT2D eigenvalue weighted by atomic mass is 9.97. The molecule has 316 valence electrons. The molecule has 0 atom stereocenters. The average molecular weight is 849 g/mol. The minimum absolute atomic E-state index is 0.0724. The maximum atomic E-state index is 13.3. The van der Waals surface area contributed by atoms with E-state index in [2.05, 4.69) is 0 Å². The van der Waals surface area contributed by atoms with Gasteiger partial charge < -0.3 is 29.1 Å². The molecule has 61 heavy (non-hydrogen) atoms. The minimum atomic E-state index is -0.544. The number of ether oxygens (including phenoxy) is 2. The molecule has 2 fully saturated rings. The van der Waals surface area contributed by atoms with Crippen LogP contribution in [0.2, 0.25) is 0 Å². The van der Waals surface area contributed by atoms with Crippen LogP contribution in [0.15, 0.2) is 94.7 Å². The number of hydrogen-bond acceptors (Lipinski definition) is 11. The second kappa shape index (κ2) is 19.4. The molecule has 0 aliphatic carbocycles. The van der Waals surface area contributed by atoms with Crippen molar-refractivity contribution in [1.29, 1.82) is 0 Å². The fourth-order valence-corrected chi connectivity index (χ4v) is 8.29. The Morgan fingerprint density at radius 2 is 0.869 bits per heavy atom. The summed E-state index contributed by atoms with van der Waals surface area (Å²) in [7, 11) is 2.99. The van der Waals surface area contributed by atoms with E-state index in [1.54, 1.807) is 80.3 Å². The highest BCUT2D eigenvalue weighted by atomic mass is 32.2. The molecule has 0 aromatic heterocycles. The molecule has 0 bridgehead atoms. The number of nitro benzene ring substituents is 2. The molecule has 4 aromatic carbocycles.